The van der Waals surface area contributed by atoms with Crippen molar-refractivity contribution >= 4 is 23.5 Å². The molecule has 0 radical (unpaired) electrons. The number of carbonyl (C=O) groups is 1. The smallest absolute Gasteiger partial charge is 0.336 e. The molecule has 0 spiro atoms. The van der Waals surface area contributed by atoms with Crippen molar-refractivity contribution in [1.82, 2.24) is 15.2 Å². The van der Waals surface area contributed by atoms with Gasteiger partial charge in [-0.25, -0.2) is 5.10 Å². The number of hydrogen-bond acceptors (Lipinski definition) is 4. The Morgan fingerprint density at radius 3 is 2.89 bits per heavy atom. The molecule has 2 rings (SSSR count). The third kappa shape index (κ3) is 2.60. The molecular weight excluding hydrogens is 256 g/mol. The van der Waals surface area contributed by atoms with E-state index in [-0.39, 0.29) is 17.9 Å². The van der Waals surface area contributed by atoms with Crippen LogP contribution in [0.5, 0.6) is 6.01 Å². The van der Waals surface area contributed by atoms with Crippen LogP contribution in [0.25, 0.3) is 0 Å². The van der Waals surface area contributed by atoms with Crippen molar-refractivity contribution in [1.29, 1.82) is 0 Å². The lowest BCUT2D eigenvalue weighted by atomic mass is 10.1. The number of nitrogens with zero attached hydrogens (tertiary/aromatic N) is 2. The van der Waals surface area contributed by atoms with Crippen molar-refractivity contribution < 1.29 is 9.53 Å². The van der Waals surface area contributed by atoms with Gasteiger partial charge >= 0.3 is 6.01 Å². The number of ether oxygens (including phenoxy) is 1. The van der Waals surface area contributed by atoms with Crippen LogP contribution in [0, 0.1) is 6.92 Å². The van der Waals surface area contributed by atoms with Gasteiger partial charge in [0.25, 0.3) is 5.91 Å². The van der Waals surface area contributed by atoms with E-state index in [0.29, 0.717) is 10.6 Å². The maximum atomic E-state index is 11.9. The van der Waals surface area contributed by atoms with Crippen molar-refractivity contribution in [3.63, 3.8) is 0 Å². The quantitative estimate of drug-likeness (QED) is 0.891. The molecule has 1 heterocycles. The summed E-state index contributed by atoms with van der Waals surface area (Å²) in [7, 11) is 1.44. The van der Waals surface area contributed by atoms with Crippen LogP contribution in [0.3, 0.4) is 0 Å². The number of amides is 1. The molecule has 0 aliphatic rings. The number of methoxy groups -OCH3 is 1. The summed E-state index contributed by atoms with van der Waals surface area (Å²) in [5, 5.41) is 9.44. The molecule has 1 aromatic heterocycles. The van der Waals surface area contributed by atoms with E-state index < -0.39 is 0 Å². The van der Waals surface area contributed by atoms with Gasteiger partial charge in [0.1, 0.15) is 0 Å². The summed E-state index contributed by atoms with van der Waals surface area (Å²) in [6.45, 7) is 1.83. The van der Waals surface area contributed by atoms with Gasteiger partial charge in [-0.15, -0.1) is 5.10 Å². The molecule has 1 amide bonds. The van der Waals surface area contributed by atoms with Crippen LogP contribution in [0.2, 0.25) is 5.02 Å². The number of aryl methyl sites for hydroxylation is 1. The Kier molecular flexibility index (Phi) is 3.47. The lowest BCUT2D eigenvalue weighted by Crippen LogP contribution is -2.13. The summed E-state index contributed by atoms with van der Waals surface area (Å²) in [4.78, 5) is 15.8. The second kappa shape index (κ2) is 5.05. The predicted octanol–water partition coefficient (Wildman–Crippen LogP) is 2.03. The monoisotopic (exact) mass is 266 g/mol. The molecule has 0 saturated carbocycles. The van der Waals surface area contributed by atoms with Crippen molar-refractivity contribution in [3.05, 3.63) is 34.3 Å². The molecule has 2 N–H and O–H groups in total. The second-order valence-corrected chi connectivity index (χ2v) is 4.00. The predicted molar refractivity (Wildman–Crippen MR) is 67.1 cm³/mol. The Bertz CT molecular complexity index is 582. The fourth-order valence-electron chi connectivity index (χ4n) is 1.36. The van der Waals surface area contributed by atoms with Crippen LogP contribution in [-0.2, 0) is 0 Å². The molecule has 0 bridgehead atoms. The molecule has 6 nitrogen and oxygen atoms in total. The lowest BCUT2D eigenvalue weighted by molar-refractivity contribution is 0.102. The first-order valence-corrected chi connectivity index (χ1v) is 5.52. The molecule has 18 heavy (non-hydrogen) atoms. The number of carbonyl (C=O) groups excluding carboxylic acids is 1. The van der Waals surface area contributed by atoms with Gasteiger partial charge in [-0.2, -0.15) is 4.98 Å². The first-order chi connectivity index (χ1) is 8.60. The van der Waals surface area contributed by atoms with Crippen LogP contribution in [0.1, 0.15) is 15.9 Å². The van der Waals surface area contributed by atoms with Gasteiger partial charge in [0, 0.05) is 10.6 Å². The number of H-pyrrole nitrogens is 1. The van der Waals surface area contributed by atoms with E-state index in [0.717, 1.165) is 5.56 Å². The number of nitrogens with one attached hydrogen (secondary N) is 2. The zero-order chi connectivity index (χ0) is 13.1. The number of aromatic nitrogens is 3. The second-order valence-electron chi connectivity index (χ2n) is 3.59. The summed E-state index contributed by atoms with van der Waals surface area (Å²) in [6, 6.07) is 5.17. The highest BCUT2D eigenvalue weighted by Gasteiger charge is 2.10. The minimum atomic E-state index is -0.298. The first-order valence-electron chi connectivity index (χ1n) is 5.14. The standard InChI is InChI=1S/C11H11ClN4O2/c1-6-5-7(3-4-8(6)12)9(17)13-10-14-11(18-2)16-15-10/h3-5H,1-2H3,(H2,13,14,15,16,17). The summed E-state index contributed by atoms with van der Waals surface area (Å²) >= 11 is 5.89. The van der Waals surface area contributed by atoms with Crippen LogP contribution in [-0.4, -0.2) is 28.2 Å². The van der Waals surface area contributed by atoms with E-state index in [1.165, 1.54) is 7.11 Å². The topological polar surface area (TPSA) is 79.9 Å². The largest absolute Gasteiger partial charge is 0.466 e. The van der Waals surface area contributed by atoms with Crippen molar-refractivity contribution in [3.8, 4) is 6.01 Å². The Hall–Kier alpha value is -2.08. The fourth-order valence-corrected chi connectivity index (χ4v) is 1.48. The average Bonchev–Trinajstić information content (AvgIpc) is 2.80. The van der Waals surface area contributed by atoms with Gasteiger partial charge in [0.15, 0.2) is 0 Å². The van der Waals surface area contributed by atoms with Crippen LogP contribution in [0.15, 0.2) is 18.2 Å². The van der Waals surface area contributed by atoms with Crippen LogP contribution >= 0.6 is 11.6 Å². The highest BCUT2D eigenvalue weighted by molar-refractivity contribution is 6.31. The van der Waals surface area contributed by atoms with Crippen LogP contribution in [0.4, 0.5) is 5.95 Å². The zero-order valence-corrected chi connectivity index (χ0v) is 10.6. The normalized spacial score (nSPS) is 10.2. The first kappa shape index (κ1) is 12.4. The van der Waals surface area contributed by atoms with Gasteiger partial charge in [0.2, 0.25) is 5.95 Å². The molecule has 0 saturated heterocycles. The molecule has 2 aromatic rings. The number of anilines is 1. The molecular formula is C11H11ClN4O2. The summed E-state index contributed by atoms with van der Waals surface area (Å²) in [5.41, 5.74) is 1.33. The highest BCUT2D eigenvalue weighted by atomic mass is 35.5. The number of hydrogen-bond donors (Lipinski definition) is 2. The molecule has 0 fully saturated rings. The highest BCUT2D eigenvalue weighted by Crippen LogP contribution is 2.17. The molecule has 0 aliphatic carbocycles. The number of rotatable bonds is 3. The molecule has 0 aliphatic heterocycles. The molecule has 0 unspecified atom stereocenters. The maximum Gasteiger partial charge on any atom is 0.336 e. The van der Waals surface area contributed by atoms with Gasteiger partial charge < -0.3 is 4.74 Å². The molecule has 7 heteroatoms. The zero-order valence-electron chi connectivity index (χ0n) is 9.82. The van der Waals surface area contributed by atoms with E-state index >= 15 is 0 Å². The Morgan fingerprint density at radius 1 is 1.50 bits per heavy atom. The number of benzene rings is 1. The summed E-state index contributed by atoms with van der Waals surface area (Å²) in [5.74, 6) is -0.0713. The lowest BCUT2D eigenvalue weighted by Gasteiger charge is -2.03. The Morgan fingerprint density at radius 2 is 2.28 bits per heavy atom. The minimum absolute atomic E-state index is 0.164. The average molecular weight is 267 g/mol. The van der Waals surface area contributed by atoms with E-state index in [4.69, 9.17) is 16.3 Å². The van der Waals surface area contributed by atoms with Gasteiger partial charge in [-0.05, 0) is 30.7 Å². The number of halogens is 1. The van der Waals surface area contributed by atoms with E-state index in [9.17, 15) is 4.79 Å². The third-order valence-electron chi connectivity index (χ3n) is 2.30. The van der Waals surface area contributed by atoms with Crippen molar-refractivity contribution in [2.45, 2.75) is 6.92 Å². The minimum Gasteiger partial charge on any atom is -0.466 e. The maximum absolute atomic E-state index is 11.9. The SMILES string of the molecule is COc1n[nH]c(NC(=O)c2ccc(Cl)c(C)c2)n1. The van der Waals surface area contributed by atoms with Gasteiger partial charge in [-0.1, -0.05) is 11.6 Å². The Balaban J connectivity index is 2.14. The van der Waals surface area contributed by atoms with Gasteiger partial charge in [-0.3, -0.25) is 10.1 Å². The van der Waals surface area contributed by atoms with Gasteiger partial charge in [0.05, 0.1) is 7.11 Å². The molecule has 1 aromatic carbocycles. The van der Waals surface area contributed by atoms with E-state index in [1.54, 1.807) is 18.2 Å². The van der Waals surface area contributed by atoms with Crippen LogP contribution < -0.4 is 10.1 Å². The Labute approximate surface area is 108 Å². The molecule has 0 atom stereocenters. The third-order valence-corrected chi connectivity index (χ3v) is 2.72. The van der Waals surface area contributed by atoms with Crippen molar-refractivity contribution in [2.24, 2.45) is 0 Å². The summed E-state index contributed by atoms with van der Waals surface area (Å²) in [6.07, 6.45) is 0. The number of aromatic amines is 1. The van der Waals surface area contributed by atoms with E-state index in [1.807, 2.05) is 6.92 Å². The summed E-state index contributed by atoms with van der Waals surface area (Å²) < 4.78 is 4.79. The fraction of sp³-hybridized carbons (Fsp3) is 0.182. The van der Waals surface area contributed by atoms with Crippen molar-refractivity contribution in [2.75, 3.05) is 12.4 Å². The van der Waals surface area contributed by atoms with E-state index in [2.05, 4.69) is 20.5 Å². The molecule has 94 valence electrons.